The fourth-order valence-electron chi connectivity index (χ4n) is 1.40. The summed E-state index contributed by atoms with van der Waals surface area (Å²) < 4.78 is 6.60. The molecule has 0 bridgehead atoms. The van der Waals surface area contributed by atoms with Gasteiger partial charge in [-0.1, -0.05) is 34.5 Å². The Kier molecular flexibility index (Phi) is 6.63. The molecule has 0 saturated carbocycles. The molecule has 0 aliphatic rings. The Morgan fingerprint density at radius 3 is 2.94 bits per heavy atom. The van der Waals surface area contributed by atoms with Crippen molar-refractivity contribution in [3.05, 3.63) is 39.8 Å². The molecule has 0 aliphatic carbocycles. The van der Waals surface area contributed by atoms with E-state index in [1.807, 2.05) is 18.2 Å². The minimum Gasteiger partial charge on any atom is -0.489 e. The smallest absolute Gasteiger partial charge is 0.120 e. The Balaban J connectivity index is 2.72. The minimum atomic E-state index is 0.185. The monoisotopic (exact) mass is 317 g/mol. The summed E-state index contributed by atoms with van der Waals surface area (Å²) in [5.74, 6) is 0.835. The zero-order valence-electron chi connectivity index (χ0n) is 9.83. The highest BCUT2D eigenvalue weighted by molar-refractivity contribution is 9.10. The van der Waals surface area contributed by atoms with E-state index >= 15 is 0 Å². The quantitative estimate of drug-likeness (QED) is 0.864. The lowest BCUT2D eigenvalue weighted by Crippen LogP contribution is -2.21. The van der Waals surface area contributed by atoms with Gasteiger partial charge in [0.05, 0.1) is 0 Å². The Morgan fingerprint density at radius 1 is 1.53 bits per heavy atom. The summed E-state index contributed by atoms with van der Waals surface area (Å²) in [5.41, 5.74) is 8.58. The molecule has 0 radical (unpaired) electrons. The van der Waals surface area contributed by atoms with Crippen molar-refractivity contribution in [2.75, 3.05) is 6.61 Å². The molecule has 0 spiro atoms. The lowest BCUT2D eigenvalue weighted by Gasteiger charge is -2.12. The lowest BCUT2D eigenvalue weighted by molar-refractivity contribution is 0.362. The topological polar surface area (TPSA) is 35.2 Å². The van der Waals surface area contributed by atoms with E-state index in [-0.39, 0.29) is 6.04 Å². The van der Waals surface area contributed by atoms with E-state index in [9.17, 15) is 0 Å². The fourth-order valence-corrected chi connectivity index (χ4v) is 1.89. The predicted octanol–water partition coefficient (Wildman–Crippen LogP) is 3.86. The van der Waals surface area contributed by atoms with Crippen LogP contribution in [0.5, 0.6) is 5.75 Å². The van der Waals surface area contributed by atoms with Gasteiger partial charge >= 0.3 is 0 Å². The van der Waals surface area contributed by atoms with Gasteiger partial charge < -0.3 is 10.5 Å². The maximum atomic E-state index is 5.96. The third kappa shape index (κ3) is 5.11. The third-order valence-corrected chi connectivity index (χ3v) is 3.41. The van der Waals surface area contributed by atoms with Crippen molar-refractivity contribution in [1.82, 2.24) is 0 Å². The zero-order chi connectivity index (χ0) is 12.7. The second kappa shape index (κ2) is 7.75. The van der Waals surface area contributed by atoms with Crippen molar-refractivity contribution in [2.45, 2.75) is 25.8 Å². The molecular weight excluding hydrogens is 302 g/mol. The molecule has 1 rings (SSSR count). The van der Waals surface area contributed by atoms with Crippen LogP contribution in [0.2, 0.25) is 0 Å². The van der Waals surface area contributed by atoms with Gasteiger partial charge in [-0.3, -0.25) is 0 Å². The molecule has 2 nitrogen and oxygen atoms in total. The standard InChI is InChI=1S/C13H17BrClNO/c1-2-11(16)8-10-9-12(4-5-13(10)14)17-7-3-6-15/h3-6,9,11H,2,7-8,16H2,1H3/b6-3+. The van der Waals surface area contributed by atoms with Crippen LogP contribution in [0.4, 0.5) is 0 Å². The van der Waals surface area contributed by atoms with E-state index < -0.39 is 0 Å². The number of ether oxygens (including phenoxy) is 1. The van der Waals surface area contributed by atoms with E-state index in [2.05, 4.69) is 22.9 Å². The molecule has 4 heteroatoms. The van der Waals surface area contributed by atoms with Crippen LogP contribution in [0.3, 0.4) is 0 Å². The highest BCUT2D eigenvalue weighted by Crippen LogP contribution is 2.24. The van der Waals surface area contributed by atoms with Crippen LogP contribution < -0.4 is 10.5 Å². The third-order valence-electron chi connectivity index (χ3n) is 2.46. The van der Waals surface area contributed by atoms with Crippen LogP contribution in [0, 0.1) is 0 Å². The molecule has 0 aromatic heterocycles. The van der Waals surface area contributed by atoms with Gasteiger partial charge in [0, 0.05) is 16.0 Å². The number of hydrogen-bond donors (Lipinski definition) is 1. The van der Waals surface area contributed by atoms with Crippen LogP contribution in [0.25, 0.3) is 0 Å². The van der Waals surface area contributed by atoms with Crippen molar-refractivity contribution in [1.29, 1.82) is 0 Å². The van der Waals surface area contributed by atoms with Crippen molar-refractivity contribution in [3.63, 3.8) is 0 Å². The van der Waals surface area contributed by atoms with Crippen LogP contribution >= 0.6 is 27.5 Å². The van der Waals surface area contributed by atoms with Gasteiger partial charge in [0.25, 0.3) is 0 Å². The van der Waals surface area contributed by atoms with Gasteiger partial charge in [0.15, 0.2) is 0 Å². The van der Waals surface area contributed by atoms with Gasteiger partial charge in [-0.05, 0) is 42.7 Å². The van der Waals surface area contributed by atoms with E-state index in [0.717, 1.165) is 23.1 Å². The zero-order valence-corrected chi connectivity index (χ0v) is 12.2. The summed E-state index contributed by atoms with van der Waals surface area (Å²) in [6.07, 6.45) is 3.56. The molecule has 0 fully saturated rings. The average molecular weight is 319 g/mol. The van der Waals surface area contributed by atoms with Gasteiger partial charge in [-0.15, -0.1) is 0 Å². The Labute approximate surface area is 116 Å². The van der Waals surface area contributed by atoms with Crippen LogP contribution in [0.1, 0.15) is 18.9 Å². The van der Waals surface area contributed by atoms with Crippen molar-refractivity contribution >= 4 is 27.5 Å². The Morgan fingerprint density at radius 2 is 2.29 bits per heavy atom. The molecule has 1 unspecified atom stereocenters. The minimum absolute atomic E-state index is 0.185. The number of hydrogen-bond acceptors (Lipinski definition) is 2. The first kappa shape index (κ1) is 14.6. The summed E-state index contributed by atoms with van der Waals surface area (Å²) in [4.78, 5) is 0. The van der Waals surface area contributed by atoms with Crippen molar-refractivity contribution in [3.8, 4) is 5.75 Å². The van der Waals surface area contributed by atoms with Gasteiger partial charge in [0.2, 0.25) is 0 Å². The molecule has 94 valence electrons. The molecule has 1 atom stereocenters. The van der Waals surface area contributed by atoms with Crippen LogP contribution in [-0.2, 0) is 6.42 Å². The molecule has 1 aromatic carbocycles. The Hall–Kier alpha value is -0.510. The van der Waals surface area contributed by atoms with E-state index in [1.54, 1.807) is 6.08 Å². The SMILES string of the molecule is CCC(N)Cc1cc(OC/C=C/Cl)ccc1Br. The predicted molar refractivity (Wildman–Crippen MR) is 76.6 cm³/mol. The summed E-state index contributed by atoms with van der Waals surface area (Å²) in [7, 11) is 0. The first-order valence-corrected chi connectivity index (χ1v) is 6.82. The van der Waals surface area contributed by atoms with Crippen molar-refractivity contribution < 1.29 is 4.74 Å². The fraction of sp³-hybridized carbons (Fsp3) is 0.385. The highest BCUT2D eigenvalue weighted by Gasteiger charge is 2.06. The highest BCUT2D eigenvalue weighted by atomic mass is 79.9. The lowest BCUT2D eigenvalue weighted by atomic mass is 10.0. The van der Waals surface area contributed by atoms with E-state index in [0.29, 0.717) is 6.61 Å². The maximum Gasteiger partial charge on any atom is 0.120 e. The summed E-state index contributed by atoms with van der Waals surface area (Å²) in [6.45, 7) is 2.56. The summed E-state index contributed by atoms with van der Waals surface area (Å²) >= 11 is 8.95. The van der Waals surface area contributed by atoms with Gasteiger partial charge in [-0.25, -0.2) is 0 Å². The molecule has 17 heavy (non-hydrogen) atoms. The molecule has 0 aliphatic heterocycles. The van der Waals surface area contributed by atoms with Crippen molar-refractivity contribution in [2.24, 2.45) is 5.73 Å². The normalized spacial score (nSPS) is 12.9. The average Bonchev–Trinajstić information content (AvgIpc) is 2.33. The molecule has 0 amide bonds. The second-order valence-corrected chi connectivity index (χ2v) is 4.90. The molecule has 2 N–H and O–H groups in total. The number of benzene rings is 1. The van der Waals surface area contributed by atoms with E-state index in [1.165, 1.54) is 11.1 Å². The largest absolute Gasteiger partial charge is 0.489 e. The molecule has 0 heterocycles. The van der Waals surface area contributed by atoms with Crippen LogP contribution in [0.15, 0.2) is 34.3 Å². The van der Waals surface area contributed by atoms with Gasteiger partial charge in [0.1, 0.15) is 12.4 Å². The Bertz CT molecular complexity index is 382. The van der Waals surface area contributed by atoms with Gasteiger partial charge in [-0.2, -0.15) is 0 Å². The molecule has 1 aromatic rings. The number of rotatable bonds is 6. The van der Waals surface area contributed by atoms with Crippen LogP contribution in [-0.4, -0.2) is 12.6 Å². The maximum absolute atomic E-state index is 5.96. The molecule has 0 saturated heterocycles. The number of halogens is 2. The summed E-state index contributed by atoms with van der Waals surface area (Å²) in [5, 5.41) is 0. The van der Waals surface area contributed by atoms with E-state index in [4.69, 9.17) is 22.1 Å². The second-order valence-electron chi connectivity index (χ2n) is 3.80. The molecular formula is C13H17BrClNO. The number of nitrogens with two attached hydrogens (primary N) is 1. The summed E-state index contributed by atoms with van der Waals surface area (Å²) in [6, 6.07) is 6.11. The first-order chi connectivity index (χ1) is 8.17. The first-order valence-electron chi connectivity index (χ1n) is 5.59.